The van der Waals surface area contributed by atoms with E-state index in [1.54, 1.807) is 18.2 Å². The highest BCUT2D eigenvalue weighted by Crippen LogP contribution is 2.32. The van der Waals surface area contributed by atoms with Crippen molar-refractivity contribution in [3.05, 3.63) is 58.4 Å². The number of nitrogens with one attached hydrogen (secondary N) is 1. The number of carbonyl (C=O) groups is 1. The summed E-state index contributed by atoms with van der Waals surface area (Å²) >= 11 is 7.54. The second-order valence-corrected chi connectivity index (χ2v) is 6.60. The molecule has 2 aromatic carbocycles. The van der Waals surface area contributed by atoms with Crippen LogP contribution >= 0.6 is 22.9 Å². The van der Waals surface area contributed by atoms with Crippen LogP contribution in [0.15, 0.2) is 47.8 Å². The van der Waals surface area contributed by atoms with Crippen LogP contribution in [0.1, 0.15) is 10.4 Å². The number of aromatic nitrogens is 1. The van der Waals surface area contributed by atoms with Crippen LogP contribution in [0.5, 0.6) is 11.5 Å². The molecule has 2 heterocycles. The number of benzene rings is 2. The second-order valence-electron chi connectivity index (χ2n) is 5.33. The highest BCUT2D eigenvalue weighted by molar-refractivity contribution is 7.14. The quantitative estimate of drug-likeness (QED) is 0.736. The lowest BCUT2D eigenvalue weighted by Crippen LogP contribution is -2.17. The first-order chi connectivity index (χ1) is 12.2. The van der Waals surface area contributed by atoms with E-state index in [4.69, 9.17) is 21.1 Å². The molecular weight excluding hydrogens is 360 g/mol. The average Bonchev–Trinajstić information content (AvgIpc) is 3.10. The zero-order chi connectivity index (χ0) is 17.2. The van der Waals surface area contributed by atoms with Crippen molar-refractivity contribution in [1.82, 2.24) is 4.98 Å². The first-order valence-electron chi connectivity index (χ1n) is 7.62. The first-order valence-corrected chi connectivity index (χ1v) is 8.88. The van der Waals surface area contributed by atoms with Crippen molar-refractivity contribution in [2.24, 2.45) is 0 Å². The van der Waals surface area contributed by atoms with Gasteiger partial charge >= 0.3 is 0 Å². The first kappa shape index (κ1) is 15.9. The number of nitrogens with zero attached hydrogens (tertiary/aromatic N) is 1. The molecule has 0 fully saturated rings. The molecule has 0 saturated carbocycles. The lowest BCUT2D eigenvalue weighted by atomic mass is 10.2. The van der Waals surface area contributed by atoms with Crippen molar-refractivity contribution in [3.8, 4) is 22.8 Å². The van der Waals surface area contributed by atoms with E-state index in [1.165, 1.54) is 11.3 Å². The third-order valence-corrected chi connectivity index (χ3v) is 4.77. The molecule has 1 aliphatic heterocycles. The monoisotopic (exact) mass is 372 g/mol. The summed E-state index contributed by atoms with van der Waals surface area (Å²) < 4.78 is 11.0. The lowest BCUT2D eigenvalue weighted by molar-refractivity contribution is 0.102. The summed E-state index contributed by atoms with van der Waals surface area (Å²) in [7, 11) is 0. The molecular formula is C18H13ClN2O3S. The highest BCUT2D eigenvalue weighted by atomic mass is 35.5. The number of amides is 1. The van der Waals surface area contributed by atoms with Gasteiger partial charge in [0.1, 0.15) is 13.2 Å². The summed E-state index contributed by atoms with van der Waals surface area (Å²) in [5, 5.41) is 5.80. The fourth-order valence-electron chi connectivity index (χ4n) is 2.48. The maximum Gasteiger partial charge on any atom is 0.257 e. The molecule has 25 heavy (non-hydrogen) atoms. The predicted octanol–water partition coefficient (Wildman–Crippen LogP) is 4.49. The Balaban J connectivity index is 1.53. The highest BCUT2D eigenvalue weighted by Gasteiger charge is 2.16. The Morgan fingerprint density at radius 3 is 2.76 bits per heavy atom. The standard InChI is InChI=1S/C18H13ClN2O3S/c19-13-4-2-1-3-12(13)14-10-25-18(20-14)21-17(22)11-5-6-15-16(9-11)24-8-7-23-15/h1-6,9-10H,7-8H2,(H,20,21,22). The van der Waals surface area contributed by atoms with E-state index < -0.39 is 0 Å². The van der Waals surface area contributed by atoms with Crippen LogP contribution in [-0.2, 0) is 0 Å². The maximum atomic E-state index is 12.4. The number of hydrogen-bond acceptors (Lipinski definition) is 5. The van der Waals surface area contributed by atoms with Crippen LogP contribution in [0.25, 0.3) is 11.3 Å². The second kappa shape index (κ2) is 6.74. The molecule has 5 nitrogen and oxygen atoms in total. The van der Waals surface area contributed by atoms with Crippen molar-refractivity contribution in [2.75, 3.05) is 18.5 Å². The van der Waals surface area contributed by atoms with Gasteiger partial charge in [0, 0.05) is 21.5 Å². The van der Waals surface area contributed by atoms with Gasteiger partial charge in [0.15, 0.2) is 16.6 Å². The molecule has 1 aromatic heterocycles. The molecule has 0 saturated heterocycles. The fraction of sp³-hybridized carbons (Fsp3) is 0.111. The van der Waals surface area contributed by atoms with Crippen LogP contribution < -0.4 is 14.8 Å². The number of ether oxygens (including phenoxy) is 2. The smallest absolute Gasteiger partial charge is 0.257 e. The Kier molecular flexibility index (Phi) is 4.29. The van der Waals surface area contributed by atoms with Gasteiger partial charge in [-0.25, -0.2) is 4.98 Å². The molecule has 1 amide bonds. The van der Waals surface area contributed by atoms with E-state index in [0.29, 0.717) is 40.4 Å². The van der Waals surface area contributed by atoms with Crippen LogP contribution in [0.2, 0.25) is 5.02 Å². The molecule has 0 spiro atoms. The minimum atomic E-state index is -0.253. The molecule has 0 unspecified atom stereocenters. The predicted molar refractivity (Wildman–Crippen MR) is 97.9 cm³/mol. The molecule has 126 valence electrons. The Labute approximate surface area is 153 Å². The number of carbonyl (C=O) groups excluding carboxylic acids is 1. The number of halogens is 1. The van der Waals surface area contributed by atoms with Crippen LogP contribution in [0.4, 0.5) is 5.13 Å². The number of rotatable bonds is 3. The molecule has 7 heteroatoms. The number of fused-ring (bicyclic) bond motifs is 1. The van der Waals surface area contributed by atoms with Gasteiger partial charge in [-0.2, -0.15) is 0 Å². The largest absolute Gasteiger partial charge is 0.486 e. The molecule has 0 radical (unpaired) electrons. The minimum Gasteiger partial charge on any atom is -0.486 e. The average molecular weight is 373 g/mol. The molecule has 0 aliphatic carbocycles. The Morgan fingerprint density at radius 2 is 1.92 bits per heavy atom. The number of hydrogen-bond donors (Lipinski definition) is 1. The van der Waals surface area contributed by atoms with Crippen molar-refractivity contribution in [1.29, 1.82) is 0 Å². The Hall–Kier alpha value is -2.57. The Bertz CT molecular complexity index is 942. The van der Waals surface area contributed by atoms with Crippen molar-refractivity contribution in [3.63, 3.8) is 0 Å². The molecule has 0 atom stereocenters. The SMILES string of the molecule is O=C(Nc1nc(-c2ccccc2Cl)cs1)c1ccc2c(c1)OCCO2. The third-order valence-electron chi connectivity index (χ3n) is 3.68. The van der Waals surface area contributed by atoms with E-state index in [-0.39, 0.29) is 5.91 Å². The van der Waals surface area contributed by atoms with E-state index >= 15 is 0 Å². The number of thiazole rings is 1. The Morgan fingerprint density at radius 1 is 1.12 bits per heavy atom. The van der Waals surface area contributed by atoms with E-state index in [1.807, 2.05) is 29.6 Å². The van der Waals surface area contributed by atoms with E-state index in [9.17, 15) is 4.79 Å². The summed E-state index contributed by atoms with van der Waals surface area (Å²) in [4.78, 5) is 16.9. The molecule has 4 rings (SSSR count). The van der Waals surface area contributed by atoms with Crippen molar-refractivity contribution >= 4 is 34.0 Å². The maximum absolute atomic E-state index is 12.4. The van der Waals surface area contributed by atoms with Gasteiger partial charge in [-0.3, -0.25) is 10.1 Å². The summed E-state index contributed by atoms with van der Waals surface area (Å²) in [6.07, 6.45) is 0. The van der Waals surface area contributed by atoms with Gasteiger partial charge in [-0.1, -0.05) is 29.8 Å². The molecule has 0 bridgehead atoms. The summed E-state index contributed by atoms with van der Waals surface area (Å²) in [5.74, 6) is 0.977. The fourth-order valence-corrected chi connectivity index (χ4v) is 3.42. The zero-order valence-corrected chi connectivity index (χ0v) is 14.6. The van der Waals surface area contributed by atoms with Gasteiger partial charge in [-0.05, 0) is 24.3 Å². The molecule has 1 N–H and O–H groups in total. The summed E-state index contributed by atoms with van der Waals surface area (Å²) in [5.41, 5.74) is 2.05. The molecule has 3 aromatic rings. The zero-order valence-electron chi connectivity index (χ0n) is 13.0. The van der Waals surface area contributed by atoms with Gasteiger partial charge in [0.05, 0.1) is 5.69 Å². The van der Waals surface area contributed by atoms with Crippen LogP contribution in [0, 0.1) is 0 Å². The van der Waals surface area contributed by atoms with Crippen molar-refractivity contribution in [2.45, 2.75) is 0 Å². The lowest BCUT2D eigenvalue weighted by Gasteiger charge is -2.18. The number of anilines is 1. The van der Waals surface area contributed by atoms with Crippen LogP contribution in [-0.4, -0.2) is 24.1 Å². The summed E-state index contributed by atoms with van der Waals surface area (Å²) in [6.45, 7) is 0.994. The minimum absolute atomic E-state index is 0.253. The van der Waals surface area contributed by atoms with Gasteiger partial charge in [0.25, 0.3) is 5.91 Å². The van der Waals surface area contributed by atoms with E-state index in [0.717, 1.165) is 11.3 Å². The van der Waals surface area contributed by atoms with Gasteiger partial charge < -0.3 is 9.47 Å². The summed E-state index contributed by atoms with van der Waals surface area (Å²) in [6, 6.07) is 12.6. The van der Waals surface area contributed by atoms with E-state index in [2.05, 4.69) is 10.3 Å². The van der Waals surface area contributed by atoms with Crippen molar-refractivity contribution < 1.29 is 14.3 Å². The van der Waals surface area contributed by atoms with Crippen LogP contribution in [0.3, 0.4) is 0 Å². The normalized spacial score (nSPS) is 12.7. The third kappa shape index (κ3) is 3.31. The molecule has 1 aliphatic rings. The van der Waals surface area contributed by atoms with Gasteiger partial charge in [-0.15, -0.1) is 11.3 Å². The topological polar surface area (TPSA) is 60.5 Å². The van der Waals surface area contributed by atoms with Gasteiger partial charge in [0.2, 0.25) is 0 Å².